The number of ether oxygens (including phenoxy) is 1. The summed E-state index contributed by atoms with van der Waals surface area (Å²) < 4.78 is 5.17. The van der Waals surface area contributed by atoms with Crippen LogP contribution in [-0.4, -0.2) is 17.9 Å². The van der Waals surface area contributed by atoms with E-state index < -0.39 is 12.0 Å². The van der Waals surface area contributed by atoms with Crippen molar-refractivity contribution in [3.05, 3.63) is 70.7 Å². The Kier molecular flexibility index (Phi) is 5.55. The first-order valence-corrected chi connectivity index (χ1v) is 7.21. The minimum atomic E-state index is -0.722. The number of carbonyl (C=O) groups is 2. The Labute approximate surface area is 134 Å². The Morgan fingerprint density at radius 3 is 2.36 bits per heavy atom. The molecule has 1 amide bonds. The zero-order valence-corrected chi connectivity index (χ0v) is 12.8. The SMILES string of the molecule is C[C@H](NC(=O)c1ccccc1)C(=O)OCc1ccc(Cl)cc1. The van der Waals surface area contributed by atoms with Crippen molar-refractivity contribution in [2.75, 3.05) is 0 Å². The lowest BCUT2D eigenvalue weighted by molar-refractivity contribution is -0.146. The summed E-state index contributed by atoms with van der Waals surface area (Å²) in [5.74, 6) is -0.796. The molecule has 0 aromatic heterocycles. The van der Waals surface area contributed by atoms with Crippen LogP contribution in [0.5, 0.6) is 0 Å². The van der Waals surface area contributed by atoms with Gasteiger partial charge in [-0.05, 0) is 36.8 Å². The number of amides is 1. The topological polar surface area (TPSA) is 55.4 Å². The van der Waals surface area contributed by atoms with Gasteiger partial charge in [-0.2, -0.15) is 0 Å². The molecule has 0 aliphatic carbocycles. The average molecular weight is 318 g/mol. The van der Waals surface area contributed by atoms with E-state index in [4.69, 9.17) is 16.3 Å². The van der Waals surface area contributed by atoms with Crippen molar-refractivity contribution < 1.29 is 14.3 Å². The molecule has 0 bridgehead atoms. The Balaban J connectivity index is 1.84. The highest BCUT2D eigenvalue weighted by Gasteiger charge is 2.17. The van der Waals surface area contributed by atoms with Gasteiger partial charge in [-0.25, -0.2) is 4.79 Å². The number of esters is 1. The van der Waals surface area contributed by atoms with E-state index in [0.29, 0.717) is 10.6 Å². The molecule has 5 heteroatoms. The third-order valence-corrected chi connectivity index (χ3v) is 3.28. The smallest absolute Gasteiger partial charge is 0.328 e. The molecule has 0 heterocycles. The second kappa shape index (κ2) is 7.61. The van der Waals surface area contributed by atoms with E-state index in [0.717, 1.165) is 5.56 Å². The number of benzene rings is 2. The van der Waals surface area contributed by atoms with Gasteiger partial charge < -0.3 is 10.1 Å². The molecular weight excluding hydrogens is 302 g/mol. The van der Waals surface area contributed by atoms with Crippen LogP contribution in [0.25, 0.3) is 0 Å². The van der Waals surface area contributed by atoms with Gasteiger partial charge >= 0.3 is 5.97 Å². The zero-order valence-electron chi connectivity index (χ0n) is 12.1. The standard InChI is InChI=1S/C17H16ClNO3/c1-12(19-16(20)14-5-3-2-4-6-14)17(21)22-11-13-7-9-15(18)10-8-13/h2-10,12H,11H2,1H3,(H,19,20)/t12-/m0/s1. The van der Waals surface area contributed by atoms with E-state index in [1.54, 1.807) is 55.5 Å². The summed E-state index contributed by atoms with van der Waals surface area (Å²) in [4.78, 5) is 23.8. The van der Waals surface area contributed by atoms with Crippen LogP contribution >= 0.6 is 11.6 Å². The van der Waals surface area contributed by atoms with Crippen LogP contribution in [-0.2, 0) is 16.1 Å². The van der Waals surface area contributed by atoms with Crippen molar-refractivity contribution in [3.8, 4) is 0 Å². The summed E-state index contributed by atoms with van der Waals surface area (Å²) in [6.07, 6.45) is 0. The van der Waals surface area contributed by atoms with Crippen molar-refractivity contribution >= 4 is 23.5 Å². The molecule has 22 heavy (non-hydrogen) atoms. The van der Waals surface area contributed by atoms with Crippen LogP contribution in [0.3, 0.4) is 0 Å². The zero-order chi connectivity index (χ0) is 15.9. The van der Waals surface area contributed by atoms with Gasteiger partial charge in [0.25, 0.3) is 5.91 Å². The fourth-order valence-corrected chi connectivity index (χ4v) is 1.91. The molecule has 0 fully saturated rings. The van der Waals surface area contributed by atoms with Gasteiger partial charge in [-0.15, -0.1) is 0 Å². The molecule has 0 unspecified atom stereocenters. The van der Waals surface area contributed by atoms with Crippen LogP contribution in [0.4, 0.5) is 0 Å². The Morgan fingerprint density at radius 2 is 1.73 bits per heavy atom. The highest BCUT2D eigenvalue weighted by molar-refractivity contribution is 6.30. The van der Waals surface area contributed by atoms with E-state index in [1.165, 1.54) is 0 Å². The molecule has 0 saturated heterocycles. The summed E-state index contributed by atoms with van der Waals surface area (Å²) in [6.45, 7) is 1.73. The lowest BCUT2D eigenvalue weighted by Gasteiger charge is -2.13. The molecule has 2 aromatic carbocycles. The first-order chi connectivity index (χ1) is 10.6. The highest BCUT2D eigenvalue weighted by Crippen LogP contribution is 2.10. The highest BCUT2D eigenvalue weighted by atomic mass is 35.5. The number of rotatable bonds is 5. The van der Waals surface area contributed by atoms with Gasteiger partial charge in [-0.1, -0.05) is 41.9 Å². The first-order valence-electron chi connectivity index (χ1n) is 6.83. The third kappa shape index (κ3) is 4.60. The number of carbonyl (C=O) groups excluding carboxylic acids is 2. The van der Waals surface area contributed by atoms with Crippen LogP contribution in [0.15, 0.2) is 54.6 Å². The number of hydrogen-bond donors (Lipinski definition) is 1. The van der Waals surface area contributed by atoms with Crippen molar-refractivity contribution in [2.45, 2.75) is 19.6 Å². The molecule has 0 saturated carbocycles. The molecule has 1 N–H and O–H groups in total. The van der Waals surface area contributed by atoms with Crippen LogP contribution in [0, 0.1) is 0 Å². The predicted octanol–water partition coefficient (Wildman–Crippen LogP) is 3.20. The second-order valence-electron chi connectivity index (χ2n) is 4.80. The lowest BCUT2D eigenvalue weighted by Crippen LogP contribution is -2.39. The maximum absolute atomic E-state index is 11.9. The minimum absolute atomic E-state index is 0.140. The molecule has 0 spiro atoms. The fourth-order valence-electron chi connectivity index (χ4n) is 1.79. The van der Waals surface area contributed by atoms with Crippen molar-refractivity contribution in [1.29, 1.82) is 0 Å². The molecule has 114 valence electrons. The maximum atomic E-state index is 11.9. The number of halogens is 1. The van der Waals surface area contributed by atoms with Gasteiger partial charge in [-0.3, -0.25) is 4.79 Å². The van der Waals surface area contributed by atoms with Crippen LogP contribution in [0.2, 0.25) is 5.02 Å². The third-order valence-electron chi connectivity index (χ3n) is 3.03. The fraction of sp³-hybridized carbons (Fsp3) is 0.176. The summed E-state index contributed by atoms with van der Waals surface area (Å²) >= 11 is 5.79. The molecule has 2 aromatic rings. The Hall–Kier alpha value is -2.33. The van der Waals surface area contributed by atoms with E-state index in [-0.39, 0.29) is 12.5 Å². The van der Waals surface area contributed by atoms with Crippen LogP contribution in [0.1, 0.15) is 22.8 Å². The largest absolute Gasteiger partial charge is 0.459 e. The predicted molar refractivity (Wildman–Crippen MR) is 84.6 cm³/mol. The summed E-state index contributed by atoms with van der Waals surface area (Å²) in [7, 11) is 0. The van der Waals surface area contributed by atoms with Gasteiger partial charge in [0.2, 0.25) is 0 Å². The second-order valence-corrected chi connectivity index (χ2v) is 5.23. The van der Waals surface area contributed by atoms with E-state index in [2.05, 4.69) is 5.32 Å². The first kappa shape index (κ1) is 16.0. The van der Waals surface area contributed by atoms with E-state index >= 15 is 0 Å². The molecule has 1 atom stereocenters. The number of nitrogens with one attached hydrogen (secondary N) is 1. The molecule has 0 radical (unpaired) electrons. The number of hydrogen-bond acceptors (Lipinski definition) is 3. The molecule has 0 aliphatic rings. The van der Waals surface area contributed by atoms with E-state index in [9.17, 15) is 9.59 Å². The summed E-state index contributed by atoms with van der Waals surface area (Å²) in [6, 6.07) is 15.0. The quantitative estimate of drug-likeness (QED) is 0.862. The minimum Gasteiger partial charge on any atom is -0.459 e. The van der Waals surface area contributed by atoms with Crippen molar-refractivity contribution in [2.24, 2.45) is 0 Å². The monoisotopic (exact) mass is 317 g/mol. The summed E-state index contributed by atoms with van der Waals surface area (Å²) in [5, 5.41) is 3.23. The normalized spacial score (nSPS) is 11.5. The van der Waals surface area contributed by atoms with Gasteiger partial charge in [0, 0.05) is 10.6 Å². The van der Waals surface area contributed by atoms with Gasteiger partial charge in [0.05, 0.1) is 0 Å². The van der Waals surface area contributed by atoms with Crippen molar-refractivity contribution in [3.63, 3.8) is 0 Å². The molecule has 2 rings (SSSR count). The molecular formula is C17H16ClNO3. The van der Waals surface area contributed by atoms with Gasteiger partial charge in [0.1, 0.15) is 12.6 Å². The summed E-state index contributed by atoms with van der Waals surface area (Å²) in [5.41, 5.74) is 1.33. The molecule has 0 aliphatic heterocycles. The van der Waals surface area contributed by atoms with Crippen LogP contribution < -0.4 is 5.32 Å². The molecule has 4 nitrogen and oxygen atoms in total. The lowest BCUT2D eigenvalue weighted by atomic mass is 10.2. The van der Waals surface area contributed by atoms with Crippen molar-refractivity contribution in [1.82, 2.24) is 5.32 Å². The Bertz CT molecular complexity index is 641. The van der Waals surface area contributed by atoms with Gasteiger partial charge in [0.15, 0.2) is 0 Å². The maximum Gasteiger partial charge on any atom is 0.328 e. The van der Waals surface area contributed by atoms with E-state index in [1.807, 2.05) is 6.07 Å². The average Bonchev–Trinajstić information content (AvgIpc) is 2.54. The Morgan fingerprint density at radius 1 is 1.09 bits per heavy atom.